The summed E-state index contributed by atoms with van der Waals surface area (Å²) >= 11 is 1.43. The van der Waals surface area contributed by atoms with Crippen LogP contribution in [0.3, 0.4) is 0 Å². The number of benzene rings is 2. The van der Waals surface area contributed by atoms with Gasteiger partial charge in [-0.25, -0.2) is 9.37 Å². The molecular formula is C17H13FN2OS. The van der Waals surface area contributed by atoms with Gasteiger partial charge in [-0.3, -0.25) is 4.79 Å². The monoisotopic (exact) mass is 312 g/mol. The maximum atomic E-state index is 12.9. The molecule has 0 fully saturated rings. The van der Waals surface area contributed by atoms with Crippen LogP contribution in [0.1, 0.15) is 16.1 Å². The van der Waals surface area contributed by atoms with Crippen molar-refractivity contribution in [3.8, 4) is 10.4 Å². The minimum absolute atomic E-state index is 0.232. The molecule has 0 saturated heterocycles. The van der Waals surface area contributed by atoms with Crippen molar-refractivity contribution >= 4 is 17.2 Å². The van der Waals surface area contributed by atoms with Crippen LogP contribution in [0.15, 0.2) is 60.1 Å². The summed E-state index contributed by atoms with van der Waals surface area (Å²) in [6.45, 7) is 0.338. The van der Waals surface area contributed by atoms with Crippen LogP contribution in [-0.4, -0.2) is 10.9 Å². The number of nitrogens with one attached hydrogen (secondary N) is 1. The highest BCUT2D eigenvalue weighted by atomic mass is 32.1. The first kappa shape index (κ1) is 14.4. The smallest absolute Gasteiger partial charge is 0.271 e. The SMILES string of the molecule is O=C(NCc1ccc(F)cc1)c1ncsc1-c1ccccc1. The summed E-state index contributed by atoms with van der Waals surface area (Å²) < 4.78 is 12.9. The number of hydrogen-bond donors (Lipinski definition) is 1. The Kier molecular flexibility index (Phi) is 4.25. The molecule has 1 heterocycles. The molecular weight excluding hydrogens is 299 g/mol. The van der Waals surface area contributed by atoms with E-state index in [1.165, 1.54) is 23.5 Å². The molecule has 3 aromatic rings. The second-order valence-corrected chi connectivity index (χ2v) is 5.56. The number of rotatable bonds is 4. The summed E-state index contributed by atoms with van der Waals surface area (Å²) in [4.78, 5) is 17.3. The van der Waals surface area contributed by atoms with Crippen LogP contribution >= 0.6 is 11.3 Å². The van der Waals surface area contributed by atoms with Crippen LogP contribution in [0.5, 0.6) is 0 Å². The standard InChI is InChI=1S/C17H13FN2OS/c18-14-8-6-12(7-9-14)10-19-17(21)15-16(22-11-20-15)13-4-2-1-3-5-13/h1-9,11H,10H2,(H,19,21). The van der Waals surface area contributed by atoms with E-state index >= 15 is 0 Å². The number of carbonyl (C=O) groups excluding carboxylic acids is 1. The first-order chi connectivity index (χ1) is 10.7. The minimum atomic E-state index is -0.291. The fourth-order valence-corrected chi connectivity index (χ4v) is 2.86. The van der Waals surface area contributed by atoms with E-state index in [0.717, 1.165) is 16.0 Å². The second kappa shape index (κ2) is 6.49. The van der Waals surface area contributed by atoms with E-state index in [0.29, 0.717) is 12.2 Å². The molecule has 0 bridgehead atoms. The molecule has 22 heavy (non-hydrogen) atoms. The second-order valence-electron chi connectivity index (χ2n) is 4.71. The van der Waals surface area contributed by atoms with Gasteiger partial charge in [0.2, 0.25) is 0 Å². The third-order valence-corrected chi connectivity index (χ3v) is 4.06. The predicted octanol–water partition coefficient (Wildman–Crippen LogP) is 3.88. The zero-order valence-electron chi connectivity index (χ0n) is 11.6. The number of hydrogen-bond acceptors (Lipinski definition) is 3. The average Bonchev–Trinajstić information content (AvgIpc) is 3.04. The predicted molar refractivity (Wildman–Crippen MR) is 85.1 cm³/mol. The average molecular weight is 312 g/mol. The highest BCUT2D eigenvalue weighted by Crippen LogP contribution is 2.27. The first-order valence-corrected chi connectivity index (χ1v) is 7.63. The van der Waals surface area contributed by atoms with Gasteiger partial charge in [0, 0.05) is 6.54 Å². The Morgan fingerprint density at radius 3 is 2.55 bits per heavy atom. The number of aromatic nitrogens is 1. The molecule has 1 aromatic heterocycles. The molecule has 1 N–H and O–H groups in total. The van der Waals surface area contributed by atoms with Crippen molar-refractivity contribution in [3.63, 3.8) is 0 Å². The lowest BCUT2D eigenvalue weighted by atomic mass is 10.1. The maximum absolute atomic E-state index is 12.9. The van der Waals surface area contributed by atoms with Crippen LogP contribution in [-0.2, 0) is 6.54 Å². The topological polar surface area (TPSA) is 42.0 Å². The number of thiazole rings is 1. The summed E-state index contributed by atoms with van der Waals surface area (Å²) in [5, 5.41) is 2.81. The number of carbonyl (C=O) groups is 1. The lowest BCUT2D eigenvalue weighted by Crippen LogP contribution is -2.23. The first-order valence-electron chi connectivity index (χ1n) is 6.75. The van der Waals surface area contributed by atoms with Gasteiger partial charge < -0.3 is 5.32 Å². The van der Waals surface area contributed by atoms with Crippen molar-refractivity contribution < 1.29 is 9.18 Å². The van der Waals surface area contributed by atoms with E-state index in [2.05, 4.69) is 10.3 Å². The van der Waals surface area contributed by atoms with Gasteiger partial charge in [0.05, 0.1) is 10.4 Å². The van der Waals surface area contributed by atoms with Crippen molar-refractivity contribution in [1.29, 1.82) is 0 Å². The molecule has 0 spiro atoms. The maximum Gasteiger partial charge on any atom is 0.271 e. The molecule has 0 radical (unpaired) electrons. The van der Waals surface area contributed by atoms with Crippen LogP contribution in [0.4, 0.5) is 4.39 Å². The van der Waals surface area contributed by atoms with Crippen LogP contribution in [0, 0.1) is 5.82 Å². The Balaban J connectivity index is 1.73. The van der Waals surface area contributed by atoms with E-state index in [1.807, 2.05) is 30.3 Å². The zero-order valence-corrected chi connectivity index (χ0v) is 12.4. The quantitative estimate of drug-likeness (QED) is 0.794. The lowest BCUT2D eigenvalue weighted by molar-refractivity contribution is 0.0947. The Morgan fingerprint density at radius 1 is 1.09 bits per heavy atom. The van der Waals surface area contributed by atoms with Gasteiger partial charge in [-0.05, 0) is 23.3 Å². The van der Waals surface area contributed by atoms with Gasteiger partial charge in [0.15, 0.2) is 0 Å². The Labute approximate surface area is 131 Å². The molecule has 0 atom stereocenters. The summed E-state index contributed by atoms with van der Waals surface area (Å²) in [5.41, 5.74) is 3.89. The molecule has 3 nitrogen and oxygen atoms in total. The van der Waals surface area contributed by atoms with Crippen molar-refractivity contribution in [2.45, 2.75) is 6.54 Å². The van der Waals surface area contributed by atoms with Crippen LogP contribution < -0.4 is 5.32 Å². The molecule has 0 saturated carbocycles. The van der Waals surface area contributed by atoms with E-state index < -0.39 is 0 Å². The molecule has 0 aliphatic rings. The fourth-order valence-electron chi connectivity index (χ4n) is 2.07. The molecule has 0 aliphatic heterocycles. The molecule has 2 aromatic carbocycles. The Hall–Kier alpha value is -2.53. The molecule has 0 aliphatic carbocycles. The highest BCUT2D eigenvalue weighted by Gasteiger charge is 2.15. The van der Waals surface area contributed by atoms with Gasteiger partial charge in [-0.15, -0.1) is 11.3 Å². The third kappa shape index (κ3) is 3.20. The van der Waals surface area contributed by atoms with Gasteiger partial charge in [0.25, 0.3) is 5.91 Å². The van der Waals surface area contributed by atoms with Crippen molar-refractivity contribution in [1.82, 2.24) is 10.3 Å². The van der Waals surface area contributed by atoms with E-state index in [1.54, 1.807) is 17.6 Å². The Bertz CT molecular complexity index is 769. The van der Waals surface area contributed by atoms with Crippen molar-refractivity contribution in [2.75, 3.05) is 0 Å². The van der Waals surface area contributed by atoms with Crippen molar-refractivity contribution in [2.24, 2.45) is 0 Å². The molecule has 3 rings (SSSR count). The van der Waals surface area contributed by atoms with Gasteiger partial charge in [0.1, 0.15) is 11.5 Å². The number of amides is 1. The summed E-state index contributed by atoms with van der Waals surface area (Å²) in [7, 11) is 0. The van der Waals surface area contributed by atoms with E-state index in [4.69, 9.17) is 0 Å². The van der Waals surface area contributed by atoms with Gasteiger partial charge in [-0.2, -0.15) is 0 Å². The summed E-state index contributed by atoms with van der Waals surface area (Å²) in [6, 6.07) is 15.7. The number of nitrogens with zero attached hydrogens (tertiary/aromatic N) is 1. The lowest BCUT2D eigenvalue weighted by Gasteiger charge is -2.05. The van der Waals surface area contributed by atoms with Gasteiger partial charge >= 0.3 is 0 Å². The van der Waals surface area contributed by atoms with Crippen molar-refractivity contribution in [3.05, 3.63) is 77.2 Å². The molecule has 5 heteroatoms. The summed E-state index contributed by atoms with van der Waals surface area (Å²) in [6.07, 6.45) is 0. The zero-order chi connectivity index (χ0) is 15.4. The fraction of sp³-hybridized carbons (Fsp3) is 0.0588. The van der Waals surface area contributed by atoms with E-state index in [-0.39, 0.29) is 11.7 Å². The summed E-state index contributed by atoms with van der Waals surface area (Å²) in [5.74, 6) is -0.523. The van der Waals surface area contributed by atoms with E-state index in [9.17, 15) is 9.18 Å². The van der Waals surface area contributed by atoms with Crippen LogP contribution in [0.2, 0.25) is 0 Å². The van der Waals surface area contributed by atoms with Crippen LogP contribution in [0.25, 0.3) is 10.4 Å². The normalized spacial score (nSPS) is 10.4. The number of halogens is 1. The molecule has 110 valence electrons. The highest BCUT2D eigenvalue weighted by molar-refractivity contribution is 7.13. The molecule has 0 unspecified atom stereocenters. The largest absolute Gasteiger partial charge is 0.347 e. The Morgan fingerprint density at radius 2 is 1.82 bits per heavy atom. The molecule has 1 amide bonds. The minimum Gasteiger partial charge on any atom is -0.347 e. The third-order valence-electron chi connectivity index (χ3n) is 3.18. The van der Waals surface area contributed by atoms with Gasteiger partial charge in [-0.1, -0.05) is 42.5 Å².